The number of hydrogen-bond donors (Lipinski definition) is 1. The van der Waals surface area contributed by atoms with E-state index < -0.39 is 0 Å². The van der Waals surface area contributed by atoms with Crippen molar-refractivity contribution in [2.75, 3.05) is 0 Å². The van der Waals surface area contributed by atoms with Crippen LogP contribution in [0.5, 0.6) is 0 Å². The van der Waals surface area contributed by atoms with Crippen LogP contribution in [0.1, 0.15) is 63.4 Å². The first kappa shape index (κ1) is 22.9. The molecule has 2 unspecified atom stereocenters. The topological polar surface area (TPSA) is 64.3 Å². The van der Waals surface area contributed by atoms with Gasteiger partial charge in [-0.2, -0.15) is 5.10 Å². The zero-order valence-electron chi connectivity index (χ0n) is 20.5. The molecular weight excluding hydrogens is 429 g/mol. The second-order valence-corrected chi connectivity index (χ2v) is 9.88. The number of ether oxygens (including phenoxy) is 1. The number of pyridine rings is 1. The summed E-state index contributed by atoms with van der Waals surface area (Å²) < 4.78 is 21.7. The van der Waals surface area contributed by atoms with E-state index in [0.29, 0.717) is 12.6 Å². The first-order chi connectivity index (χ1) is 16.3. The van der Waals surface area contributed by atoms with Crippen LogP contribution in [0.15, 0.2) is 36.7 Å². The van der Waals surface area contributed by atoms with Gasteiger partial charge >= 0.3 is 0 Å². The van der Waals surface area contributed by atoms with Gasteiger partial charge in [0.15, 0.2) is 5.65 Å². The summed E-state index contributed by atoms with van der Waals surface area (Å²) in [7, 11) is 0. The third-order valence-corrected chi connectivity index (χ3v) is 6.79. The molecule has 1 aliphatic heterocycles. The molecule has 2 atom stereocenters. The highest BCUT2D eigenvalue weighted by Crippen LogP contribution is 2.30. The van der Waals surface area contributed by atoms with E-state index in [4.69, 9.17) is 14.8 Å². The Hall–Kier alpha value is -2.90. The van der Waals surface area contributed by atoms with Gasteiger partial charge in [-0.3, -0.25) is 4.98 Å². The maximum atomic E-state index is 13.8. The molecule has 1 saturated heterocycles. The fourth-order valence-electron chi connectivity index (χ4n) is 5.26. The molecule has 0 spiro atoms. The summed E-state index contributed by atoms with van der Waals surface area (Å²) in [6.45, 7) is 11.5. The summed E-state index contributed by atoms with van der Waals surface area (Å²) in [5.74, 6) is 0.0104. The lowest BCUT2D eigenvalue weighted by Gasteiger charge is -2.32. The number of halogens is 1. The summed E-state index contributed by atoms with van der Waals surface area (Å²) in [5.41, 5.74) is 6.69. The number of rotatable bonds is 5. The van der Waals surface area contributed by atoms with Crippen molar-refractivity contribution in [3.63, 3.8) is 0 Å². The number of hydrogen-bond acceptors (Lipinski definition) is 5. The lowest BCUT2D eigenvalue weighted by atomic mass is 9.99. The molecule has 7 heteroatoms. The highest BCUT2D eigenvalue weighted by Gasteiger charge is 2.25. The van der Waals surface area contributed by atoms with Crippen molar-refractivity contribution in [3.05, 3.63) is 59.4 Å². The summed E-state index contributed by atoms with van der Waals surface area (Å²) in [6.07, 6.45) is 6.18. The molecule has 0 radical (unpaired) electrons. The number of aromatic nitrogens is 4. The smallest absolute Gasteiger partial charge is 0.163 e. The lowest BCUT2D eigenvalue weighted by molar-refractivity contribution is -0.0423. The lowest BCUT2D eigenvalue weighted by Crippen LogP contribution is -2.41. The average molecular weight is 462 g/mol. The van der Waals surface area contributed by atoms with Crippen molar-refractivity contribution in [2.24, 2.45) is 0 Å². The molecule has 5 rings (SSSR count). The fourth-order valence-corrected chi connectivity index (χ4v) is 5.26. The molecule has 178 valence electrons. The first-order valence-corrected chi connectivity index (χ1v) is 12.1. The fraction of sp³-hybridized carbons (Fsp3) is 0.444. The van der Waals surface area contributed by atoms with Gasteiger partial charge in [0, 0.05) is 35.3 Å². The van der Waals surface area contributed by atoms with Crippen LogP contribution < -0.4 is 5.32 Å². The Morgan fingerprint density at radius 1 is 1.15 bits per heavy atom. The van der Waals surface area contributed by atoms with E-state index in [1.807, 2.05) is 23.0 Å². The van der Waals surface area contributed by atoms with Crippen molar-refractivity contribution in [3.8, 4) is 11.1 Å². The highest BCUT2D eigenvalue weighted by molar-refractivity contribution is 5.86. The molecular formula is C27H32FN5O. The van der Waals surface area contributed by atoms with Crippen molar-refractivity contribution in [1.82, 2.24) is 24.9 Å². The highest BCUT2D eigenvalue weighted by atomic mass is 19.1. The van der Waals surface area contributed by atoms with Crippen LogP contribution in [0.4, 0.5) is 4.39 Å². The maximum absolute atomic E-state index is 13.8. The van der Waals surface area contributed by atoms with E-state index in [0.717, 1.165) is 57.5 Å². The number of benzene rings is 1. The molecule has 1 aromatic carbocycles. The Bertz CT molecular complexity index is 1340. The summed E-state index contributed by atoms with van der Waals surface area (Å²) >= 11 is 0. The van der Waals surface area contributed by atoms with Crippen LogP contribution in [-0.2, 0) is 11.3 Å². The Kier molecular flexibility index (Phi) is 6.08. The van der Waals surface area contributed by atoms with Crippen molar-refractivity contribution >= 4 is 16.6 Å². The first-order valence-electron chi connectivity index (χ1n) is 12.1. The van der Waals surface area contributed by atoms with Crippen molar-refractivity contribution in [1.29, 1.82) is 0 Å². The summed E-state index contributed by atoms with van der Waals surface area (Å²) in [4.78, 5) is 9.62. The molecule has 0 saturated carbocycles. The van der Waals surface area contributed by atoms with Gasteiger partial charge in [-0.05, 0) is 69.4 Å². The third-order valence-electron chi connectivity index (χ3n) is 6.79. The van der Waals surface area contributed by atoms with Crippen LogP contribution in [0.3, 0.4) is 0 Å². The molecule has 0 bridgehead atoms. The van der Waals surface area contributed by atoms with E-state index in [2.05, 4.69) is 44.9 Å². The summed E-state index contributed by atoms with van der Waals surface area (Å²) in [5, 5.41) is 9.19. The van der Waals surface area contributed by atoms with Gasteiger partial charge in [0.1, 0.15) is 5.82 Å². The van der Waals surface area contributed by atoms with E-state index >= 15 is 0 Å². The zero-order valence-corrected chi connectivity index (χ0v) is 20.5. The Morgan fingerprint density at radius 3 is 2.65 bits per heavy atom. The van der Waals surface area contributed by atoms with Gasteiger partial charge in [-0.25, -0.2) is 13.9 Å². The monoisotopic (exact) mass is 461 g/mol. The van der Waals surface area contributed by atoms with Gasteiger partial charge in [0.2, 0.25) is 0 Å². The van der Waals surface area contributed by atoms with Crippen LogP contribution in [-0.4, -0.2) is 37.8 Å². The van der Waals surface area contributed by atoms with Crippen LogP contribution in [0.25, 0.3) is 27.7 Å². The van der Waals surface area contributed by atoms with Crippen molar-refractivity contribution < 1.29 is 9.13 Å². The molecule has 1 N–H and O–H groups in total. The molecule has 1 aliphatic rings. The quantitative estimate of drug-likeness (QED) is 0.421. The summed E-state index contributed by atoms with van der Waals surface area (Å²) in [6, 6.07) is 7.01. The maximum Gasteiger partial charge on any atom is 0.163 e. The van der Waals surface area contributed by atoms with Crippen LogP contribution in [0, 0.1) is 12.7 Å². The average Bonchev–Trinajstić information content (AvgIpc) is 3.19. The molecule has 4 aromatic rings. The largest absolute Gasteiger partial charge is 0.375 e. The second kappa shape index (κ2) is 9.04. The Labute approximate surface area is 199 Å². The van der Waals surface area contributed by atoms with Crippen molar-refractivity contribution in [2.45, 2.75) is 78.2 Å². The number of fused-ring (bicyclic) bond motifs is 2. The molecule has 1 fully saturated rings. The normalized spacial score (nSPS) is 21.1. The SMILES string of the molecule is Cc1c(CNC2CC(C)OC(C)C2)nc2c(-c3cnc4ccc(F)cc4c3)cnn2c1C(C)C. The van der Waals surface area contributed by atoms with E-state index in [-0.39, 0.29) is 23.9 Å². The number of nitrogens with zero attached hydrogens (tertiary/aromatic N) is 4. The molecule has 0 amide bonds. The predicted octanol–water partition coefficient (Wildman–Crippen LogP) is 5.56. The van der Waals surface area contributed by atoms with E-state index in [1.54, 1.807) is 6.07 Å². The van der Waals surface area contributed by atoms with Gasteiger partial charge < -0.3 is 10.1 Å². The molecule has 3 aromatic heterocycles. The molecule has 34 heavy (non-hydrogen) atoms. The zero-order chi connectivity index (χ0) is 24.0. The van der Waals surface area contributed by atoms with E-state index in [9.17, 15) is 4.39 Å². The van der Waals surface area contributed by atoms with Gasteiger partial charge in [0.25, 0.3) is 0 Å². The molecule has 6 nitrogen and oxygen atoms in total. The minimum atomic E-state index is -0.271. The minimum Gasteiger partial charge on any atom is -0.375 e. The minimum absolute atomic E-state index is 0.260. The van der Waals surface area contributed by atoms with Crippen LogP contribution >= 0.6 is 0 Å². The van der Waals surface area contributed by atoms with Crippen LogP contribution in [0.2, 0.25) is 0 Å². The predicted molar refractivity (Wildman–Crippen MR) is 132 cm³/mol. The van der Waals surface area contributed by atoms with Gasteiger partial charge in [-0.1, -0.05) is 13.8 Å². The molecule has 4 heterocycles. The second-order valence-electron chi connectivity index (χ2n) is 9.88. The van der Waals surface area contributed by atoms with Gasteiger partial charge in [-0.15, -0.1) is 0 Å². The third kappa shape index (κ3) is 4.30. The Balaban J connectivity index is 1.55. The Morgan fingerprint density at radius 2 is 1.91 bits per heavy atom. The van der Waals surface area contributed by atoms with Gasteiger partial charge in [0.05, 0.1) is 35.3 Å². The number of nitrogens with one attached hydrogen (secondary N) is 1. The van der Waals surface area contributed by atoms with E-state index in [1.165, 1.54) is 12.1 Å². The molecule has 0 aliphatic carbocycles. The standard InChI is InChI=1S/C27H32FN5O/c1-15(2)26-18(5)25(14-29-22-8-16(3)34-17(4)9-22)32-27-23(13-31-33(26)27)20-10-19-11-21(28)6-7-24(19)30-12-20/h6-7,10-13,15-17,22,29H,8-9,14H2,1-5H3.